The molecular formula is C10H10ClIN2O. The van der Waals surface area contributed by atoms with Crippen molar-refractivity contribution in [1.29, 1.82) is 0 Å². The maximum atomic E-state index is 11.7. The minimum Gasteiger partial charge on any atom is -0.348 e. The van der Waals surface area contributed by atoms with Crippen molar-refractivity contribution in [3.63, 3.8) is 0 Å². The van der Waals surface area contributed by atoms with Crippen molar-refractivity contribution in [2.24, 2.45) is 5.73 Å². The van der Waals surface area contributed by atoms with E-state index in [0.29, 0.717) is 10.6 Å². The highest BCUT2D eigenvalue weighted by molar-refractivity contribution is 14.1. The summed E-state index contributed by atoms with van der Waals surface area (Å²) in [5.41, 5.74) is 6.19. The molecule has 3 N–H and O–H groups in total. The predicted molar refractivity (Wildman–Crippen MR) is 68.0 cm³/mol. The zero-order valence-electron chi connectivity index (χ0n) is 7.84. The number of rotatable bonds is 2. The molecule has 1 aliphatic carbocycles. The summed E-state index contributed by atoms with van der Waals surface area (Å²) in [6.45, 7) is 0. The first-order chi connectivity index (χ1) is 7.08. The van der Waals surface area contributed by atoms with Gasteiger partial charge in [-0.2, -0.15) is 0 Å². The lowest BCUT2D eigenvalue weighted by atomic mass is 10.2. The molecule has 2 rings (SSSR count). The van der Waals surface area contributed by atoms with Crippen molar-refractivity contribution in [3.05, 3.63) is 32.4 Å². The Morgan fingerprint density at radius 2 is 2.27 bits per heavy atom. The molecule has 3 nitrogen and oxygen atoms in total. The molecule has 1 saturated carbocycles. The first-order valence-corrected chi connectivity index (χ1v) is 6.05. The fourth-order valence-electron chi connectivity index (χ4n) is 1.27. The molecule has 0 heterocycles. The summed E-state index contributed by atoms with van der Waals surface area (Å²) < 4.78 is 0.939. The summed E-state index contributed by atoms with van der Waals surface area (Å²) in [5.74, 6) is -0.105. The van der Waals surface area contributed by atoms with Gasteiger partial charge in [0.1, 0.15) is 0 Å². The molecule has 1 aromatic carbocycles. The molecule has 5 heteroatoms. The zero-order chi connectivity index (χ0) is 11.0. The second kappa shape index (κ2) is 4.27. The number of carbonyl (C=O) groups excluding carboxylic acids is 1. The van der Waals surface area contributed by atoms with Gasteiger partial charge >= 0.3 is 0 Å². The highest BCUT2D eigenvalue weighted by atomic mass is 127. The van der Waals surface area contributed by atoms with Crippen molar-refractivity contribution in [3.8, 4) is 0 Å². The summed E-state index contributed by atoms with van der Waals surface area (Å²) in [7, 11) is 0. The van der Waals surface area contributed by atoms with Crippen LogP contribution in [0, 0.1) is 3.57 Å². The highest BCUT2D eigenvalue weighted by Gasteiger charge is 2.34. The molecule has 0 bridgehead atoms. The second-order valence-electron chi connectivity index (χ2n) is 3.61. The summed E-state index contributed by atoms with van der Waals surface area (Å²) in [6, 6.07) is 5.51. The number of carbonyl (C=O) groups is 1. The summed E-state index contributed by atoms with van der Waals surface area (Å²) in [5, 5.41) is 3.44. The molecule has 80 valence electrons. The smallest absolute Gasteiger partial charge is 0.251 e. The van der Waals surface area contributed by atoms with Crippen LogP contribution in [0.3, 0.4) is 0 Å². The van der Waals surface area contributed by atoms with E-state index in [1.54, 1.807) is 12.1 Å². The van der Waals surface area contributed by atoms with Gasteiger partial charge in [-0.05, 0) is 47.2 Å². The first kappa shape index (κ1) is 11.2. The SMILES string of the molecule is NC1CC1NC(=O)c1ccc(I)c(Cl)c1. The van der Waals surface area contributed by atoms with Crippen LogP contribution >= 0.6 is 34.2 Å². The maximum Gasteiger partial charge on any atom is 0.251 e. The summed E-state index contributed by atoms with van der Waals surface area (Å²) in [6.07, 6.45) is 0.865. The zero-order valence-corrected chi connectivity index (χ0v) is 10.7. The van der Waals surface area contributed by atoms with E-state index in [1.807, 2.05) is 6.07 Å². The molecule has 0 saturated heterocycles. The van der Waals surface area contributed by atoms with Crippen LogP contribution < -0.4 is 11.1 Å². The van der Waals surface area contributed by atoms with Gasteiger partial charge in [-0.15, -0.1) is 0 Å². The molecule has 1 aromatic rings. The highest BCUT2D eigenvalue weighted by Crippen LogP contribution is 2.21. The second-order valence-corrected chi connectivity index (χ2v) is 5.18. The molecule has 1 fully saturated rings. The Labute approximate surface area is 107 Å². The fraction of sp³-hybridized carbons (Fsp3) is 0.300. The average molecular weight is 337 g/mol. The number of nitrogens with one attached hydrogen (secondary N) is 1. The lowest BCUT2D eigenvalue weighted by molar-refractivity contribution is 0.0950. The van der Waals surface area contributed by atoms with Crippen molar-refractivity contribution >= 4 is 40.1 Å². The van der Waals surface area contributed by atoms with E-state index < -0.39 is 0 Å². The van der Waals surface area contributed by atoms with Gasteiger partial charge in [0.25, 0.3) is 5.91 Å². The van der Waals surface area contributed by atoms with Gasteiger partial charge in [0.2, 0.25) is 0 Å². The number of hydrogen-bond acceptors (Lipinski definition) is 2. The number of amides is 1. The lowest BCUT2D eigenvalue weighted by Crippen LogP contribution is -2.29. The monoisotopic (exact) mass is 336 g/mol. The Hall–Kier alpha value is -0.330. The van der Waals surface area contributed by atoms with Crippen LogP contribution in [0.1, 0.15) is 16.8 Å². The molecule has 1 aliphatic rings. The van der Waals surface area contributed by atoms with Crippen LogP contribution in [0.2, 0.25) is 5.02 Å². The average Bonchev–Trinajstić information content (AvgIpc) is 2.86. The van der Waals surface area contributed by atoms with E-state index in [0.717, 1.165) is 9.99 Å². The van der Waals surface area contributed by atoms with Crippen molar-refractivity contribution in [1.82, 2.24) is 5.32 Å². The van der Waals surface area contributed by atoms with Gasteiger partial charge in [0.15, 0.2) is 0 Å². The molecule has 2 atom stereocenters. The first-order valence-electron chi connectivity index (χ1n) is 4.59. The van der Waals surface area contributed by atoms with E-state index >= 15 is 0 Å². The van der Waals surface area contributed by atoms with E-state index in [4.69, 9.17) is 17.3 Å². The van der Waals surface area contributed by atoms with Gasteiger partial charge in [-0.25, -0.2) is 0 Å². The number of nitrogens with two attached hydrogens (primary N) is 1. The largest absolute Gasteiger partial charge is 0.348 e. The third kappa shape index (κ3) is 2.62. The van der Waals surface area contributed by atoms with Crippen LogP contribution in [0.5, 0.6) is 0 Å². The third-order valence-electron chi connectivity index (χ3n) is 2.34. The maximum absolute atomic E-state index is 11.7. The van der Waals surface area contributed by atoms with E-state index in [1.165, 1.54) is 0 Å². The fourth-order valence-corrected chi connectivity index (χ4v) is 1.79. The Bertz CT molecular complexity index is 410. The van der Waals surface area contributed by atoms with Crippen LogP contribution in [-0.4, -0.2) is 18.0 Å². The van der Waals surface area contributed by atoms with Crippen LogP contribution in [-0.2, 0) is 0 Å². The molecule has 0 radical (unpaired) electrons. The Morgan fingerprint density at radius 3 is 2.80 bits per heavy atom. The minimum absolute atomic E-state index is 0.105. The van der Waals surface area contributed by atoms with Gasteiger partial charge in [0, 0.05) is 21.2 Å². The van der Waals surface area contributed by atoms with Gasteiger partial charge in [-0.3, -0.25) is 4.79 Å². The van der Waals surface area contributed by atoms with E-state index in [-0.39, 0.29) is 18.0 Å². The number of benzene rings is 1. The predicted octanol–water partition coefficient (Wildman–Crippen LogP) is 1.77. The molecule has 0 aliphatic heterocycles. The quantitative estimate of drug-likeness (QED) is 0.809. The van der Waals surface area contributed by atoms with Crippen LogP contribution in [0.15, 0.2) is 18.2 Å². The van der Waals surface area contributed by atoms with E-state index in [2.05, 4.69) is 27.9 Å². The normalized spacial score (nSPS) is 23.7. The topological polar surface area (TPSA) is 55.1 Å². The Morgan fingerprint density at radius 1 is 1.60 bits per heavy atom. The Balaban J connectivity index is 2.08. The number of halogens is 2. The van der Waals surface area contributed by atoms with Crippen molar-refractivity contribution < 1.29 is 4.79 Å². The van der Waals surface area contributed by atoms with Crippen molar-refractivity contribution in [2.45, 2.75) is 18.5 Å². The van der Waals surface area contributed by atoms with E-state index in [9.17, 15) is 4.79 Å². The molecule has 0 spiro atoms. The third-order valence-corrected chi connectivity index (χ3v) is 3.91. The van der Waals surface area contributed by atoms with Crippen LogP contribution in [0.25, 0.3) is 0 Å². The summed E-state index contributed by atoms with van der Waals surface area (Å²) >= 11 is 8.05. The molecule has 0 aromatic heterocycles. The molecular weight excluding hydrogens is 326 g/mol. The molecule has 2 unspecified atom stereocenters. The lowest BCUT2D eigenvalue weighted by Gasteiger charge is -2.04. The standard InChI is InChI=1S/C10H10ClIN2O/c11-6-3-5(1-2-7(6)12)10(15)14-9-4-8(9)13/h1-3,8-9H,4,13H2,(H,14,15). The van der Waals surface area contributed by atoms with Crippen molar-refractivity contribution in [2.75, 3.05) is 0 Å². The van der Waals surface area contributed by atoms with Gasteiger partial charge in [0.05, 0.1) is 5.02 Å². The molecule has 15 heavy (non-hydrogen) atoms. The number of hydrogen-bond donors (Lipinski definition) is 2. The van der Waals surface area contributed by atoms with Gasteiger partial charge in [-0.1, -0.05) is 11.6 Å². The minimum atomic E-state index is -0.105. The van der Waals surface area contributed by atoms with Gasteiger partial charge < -0.3 is 11.1 Å². The Kier molecular flexibility index (Phi) is 3.18. The summed E-state index contributed by atoms with van der Waals surface area (Å²) in [4.78, 5) is 11.7. The van der Waals surface area contributed by atoms with Crippen LogP contribution in [0.4, 0.5) is 0 Å². The molecule has 1 amide bonds.